The van der Waals surface area contributed by atoms with E-state index in [9.17, 15) is 9.59 Å². The van der Waals surface area contributed by atoms with Crippen LogP contribution < -0.4 is 5.32 Å². The van der Waals surface area contributed by atoms with Crippen molar-refractivity contribution in [1.82, 2.24) is 25.0 Å². The average Bonchev–Trinajstić information content (AvgIpc) is 3.15. The fourth-order valence-electron chi connectivity index (χ4n) is 2.86. The summed E-state index contributed by atoms with van der Waals surface area (Å²) >= 11 is 13.9. The first-order valence-electron chi connectivity index (χ1n) is 8.96. The number of nitrogens with zero attached hydrogens (tertiary/aromatic N) is 4. The molecule has 3 amide bonds. The molecule has 0 saturated carbocycles. The fraction of sp³-hybridized carbons (Fsp3) is 0.444. The van der Waals surface area contributed by atoms with Gasteiger partial charge in [-0.25, -0.2) is 4.79 Å². The molecule has 2 aromatic rings. The SMILES string of the molecule is CC(C)Cn1c(SCCCN2C(=O)CNC2=O)nnc1-c1ccc(Cl)cc1Cl. The molecule has 2 heterocycles. The fourth-order valence-corrected chi connectivity index (χ4v) is 4.23. The first-order chi connectivity index (χ1) is 13.4. The molecule has 0 aliphatic carbocycles. The number of aromatic nitrogens is 3. The van der Waals surface area contributed by atoms with Crippen molar-refractivity contribution in [3.8, 4) is 11.4 Å². The number of thioether (sulfide) groups is 1. The Labute approximate surface area is 177 Å². The van der Waals surface area contributed by atoms with E-state index >= 15 is 0 Å². The highest BCUT2D eigenvalue weighted by Crippen LogP contribution is 2.32. The third-order valence-corrected chi connectivity index (χ3v) is 5.73. The number of halogens is 2. The smallest absolute Gasteiger partial charge is 0.324 e. The molecule has 10 heteroatoms. The number of imide groups is 1. The van der Waals surface area contributed by atoms with Crippen molar-refractivity contribution in [3.05, 3.63) is 28.2 Å². The molecule has 3 rings (SSSR count). The van der Waals surface area contributed by atoms with E-state index in [1.165, 1.54) is 4.90 Å². The van der Waals surface area contributed by atoms with Crippen molar-refractivity contribution in [1.29, 1.82) is 0 Å². The summed E-state index contributed by atoms with van der Waals surface area (Å²) in [5.74, 6) is 1.62. The maximum Gasteiger partial charge on any atom is 0.324 e. The normalized spacial score (nSPS) is 14.2. The van der Waals surface area contributed by atoms with Gasteiger partial charge in [0.05, 0.1) is 11.6 Å². The molecule has 1 aliphatic rings. The third-order valence-electron chi connectivity index (χ3n) is 4.13. The third kappa shape index (κ3) is 4.79. The van der Waals surface area contributed by atoms with Gasteiger partial charge in [0, 0.05) is 29.4 Å². The lowest BCUT2D eigenvalue weighted by Gasteiger charge is -2.14. The van der Waals surface area contributed by atoms with Crippen LogP contribution in [0.5, 0.6) is 0 Å². The highest BCUT2D eigenvalue weighted by Gasteiger charge is 2.27. The van der Waals surface area contributed by atoms with E-state index in [-0.39, 0.29) is 18.5 Å². The van der Waals surface area contributed by atoms with Crippen molar-refractivity contribution in [2.75, 3.05) is 18.8 Å². The Bertz CT molecular complexity index is 871. The van der Waals surface area contributed by atoms with Gasteiger partial charge in [-0.2, -0.15) is 0 Å². The zero-order valence-electron chi connectivity index (χ0n) is 15.6. The van der Waals surface area contributed by atoms with Crippen LogP contribution in [0.1, 0.15) is 20.3 Å². The van der Waals surface area contributed by atoms with Crippen molar-refractivity contribution in [2.45, 2.75) is 32.0 Å². The van der Waals surface area contributed by atoms with E-state index in [1.54, 1.807) is 23.9 Å². The molecule has 1 aromatic heterocycles. The summed E-state index contributed by atoms with van der Waals surface area (Å²) in [6.07, 6.45) is 0.676. The molecule has 1 N–H and O–H groups in total. The number of urea groups is 1. The Morgan fingerprint density at radius 1 is 1.25 bits per heavy atom. The highest BCUT2D eigenvalue weighted by atomic mass is 35.5. The molecule has 0 radical (unpaired) electrons. The molecule has 28 heavy (non-hydrogen) atoms. The van der Waals surface area contributed by atoms with E-state index in [4.69, 9.17) is 23.2 Å². The summed E-state index contributed by atoms with van der Waals surface area (Å²) < 4.78 is 2.05. The largest absolute Gasteiger partial charge is 0.329 e. The summed E-state index contributed by atoms with van der Waals surface area (Å²) in [5, 5.41) is 13.1. The van der Waals surface area contributed by atoms with Gasteiger partial charge in [-0.15, -0.1) is 10.2 Å². The van der Waals surface area contributed by atoms with E-state index in [0.29, 0.717) is 40.5 Å². The van der Waals surface area contributed by atoms with Crippen LogP contribution in [0.4, 0.5) is 4.79 Å². The second-order valence-electron chi connectivity index (χ2n) is 6.84. The molecular weight excluding hydrogens is 421 g/mol. The number of nitrogens with one attached hydrogen (secondary N) is 1. The molecule has 1 saturated heterocycles. The number of benzene rings is 1. The molecule has 150 valence electrons. The van der Waals surface area contributed by atoms with Gasteiger partial charge in [0.15, 0.2) is 11.0 Å². The van der Waals surface area contributed by atoms with E-state index < -0.39 is 0 Å². The van der Waals surface area contributed by atoms with Crippen LogP contribution in [0.3, 0.4) is 0 Å². The molecule has 7 nitrogen and oxygen atoms in total. The van der Waals surface area contributed by atoms with Crippen LogP contribution >= 0.6 is 35.0 Å². The second kappa shape index (κ2) is 9.15. The number of carbonyl (C=O) groups is 2. The molecule has 1 aliphatic heterocycles. The Kier molecular flexibility index (Phi) is 6.85. The van der Waals surface area contributed by atoms with Crippen molar-refractivity contribution >= 4 is 46.9 Å². The summed E-state index contributed by atoms with van der Waals surface area (Å²) in [5.41, 5.74) is 0.783. The first-order valence-corrected chi connectivity index (χ1v) is 10.7. The van der Waals surface area contributed by atoms with Gasteiger partial charge < -0.3 is 9.88 Å². The monoisotopic (exact) mass is 441 g/mol. The number of hydrogen-bond donors (Lipinski definition) is 1. The zero-order valence-corrected chi connectivity index (χ0v) is 17.9. The zero-order chi connectivity index (χ0) is 20.3. The predicted octanol–water partition coefficient (Wildman–Crippen LogP) is 3.94. The predicted molar refractivity (Wildman–Crippen MR) is 111 cm³/mol. The van der Waals surface area contributed by atoms with Crippen molar-refractivity contribution in [3.63, 3.8) is 0 Å². The minimum atomic E-state index is -0.322. The number of rotatable bonds is 8. The number of carbonyl (C=O) groups excluding carboxylic acids is 2. The van der Waals surface area contributed by atoms with Gasteiger partial charge in [-0.05, 0) is 30.5 Å². The van der Waals surface area contributed by atoms with Gasteiger partial charge >= 0.3 is 6.03 Å². The van der Waals surface area contributed by atoms with Gasteiger partial charge in [0.2, 0.25) is 5.91 Å². The van der Waals surface area contributed by atoms with Crippen LogP contribution in [0.25, 0.3) is 11.4 Å². The quantitative estimate of drug-likeness (QED) is 0.381. The van der Waals surface area contributed by atoms with Gasteiger partial charge in [0.25, 0.3) is 0 Å². The molecule has 0 atom stereocenters. The van der Waals surface area contributed by atoms with Crippen LogP contribution in [-0.4, -0.2) is 50.4 Å². The molecule has 0 spiro atoms. The van der Waals surface area contributed by atoms with Gasteiger partial charge in [-0.1, -0.05) is 48.8 Å². The topological polar surface area (TPSA) is 80.1 Å². The molecular formula is C18H21Cl2N5O2S. The Balaban J connectivity index is 1.71. The maximum atomic E-state index is 11.6. The first kappa shape index (κ1) is 21.0. The van der Waals surface area contributed by atoms with Crippen LogP contribution in [0, 0.1) is 5.92 Å². The van der Waals surface area contributed by atoms with Crippen molar-refractivity contribution in [2.24, 2.45) is 5.92 Å². The van der Waals surface area contributed by atoms with Gasteiger partial charge in [-0.3, -0.25) is 9.69 Å². The van der Waals surface area contributed by atoms with E-state index in [2.05, 4.69) is 33.9 Å². The molecule has 0 bridgehead atoms. The van der Waals surface area contributed by atoms with Gasteiger partial charge in [0.1, 0.15) is 0 Å². The molecule has 0 unspecified atom stereocenters. The lowest BCUT2D eigenvalue weighted by Crippen LogP contribution is -2.32. The van der Waals surface area contributed by atoms with Crippen LogP contribution in [0.2, 0.25) is 10.0 Å². The van der Waals surface area contributed by atoms with Crippen LogP contribution in [0.15, 0.2) is 23.4 Å². The lowest BCUT2D eigenvalue weighted by molar-refractivity contribution is -0.124. The maximum absolute atomic E-state index is 11.6. The highest BCUT2D eigenvalue weighted by molar-refractivity contribution is 7.99. The minimum Gasteiger partial charge on any atom is -0.329 e. The molecule has 1 fully saturated rings. The number of amides is 3. The van der Waals surface area contributed by atoms with E-state index in [0.717, 1.165) is 17.3 Å². The number of hydrogen-bond acceptors (Lipinski definition) is 5. The summed E-state index contributed by atoms with van der Waals surface area (Å²) in [7, 11) is 0. The average molecular weight is 442 g/mol. The summed E-state index contributed by atoms with van der Waals surface area (Å²) in [6, 6.07) is 5.00. The van der Waals surface area contributed by atoms with Crippen LogP contribution in [-0.2, 0) is 11.3 Å². The van der Waals surface area contributed by atoms with E-state index in [1.807, 2.05) is 6.07 Å². The Morgan fingerprint density at radius 3 is 2.68 bits per heavy atom. The van der Waals surface area contributed by atoms with Crippen molar-refractivity contribution < 1.29 is 9.59 Å². The second-order valence-corrected chi connectivity index (χ2v) is 8.75. The minimum absolute atomic E-state index is 0.0832. The Hall–Kier alpha value is -1.77. The lowest BCUT2D eigenvalue weighted by atomic mass is 10.2. The standard InChI is InChI=1S/C18H21Cl2N5O2S/c1-11(2)10-25-16(13-5-4-12(19)8-14(13)20)22-23-18(25)28-7-3-6-24-15(26)9-21-17(24)27/h4-5,8,11H,3,6-7,9-10H2,1-2H3,(H,21,27). The summed E-state index contributed by atoms with van der Waals surface area (Å²) in [4.78, 5) is 24.5. The summed E-state index contributed by atoms with van der Waals surface area (Å²) in [6.45, 7) is 5.47. The Morgan fingerprint density at radius 2 is 2.04 bits per heavy atom. The molecule has 1 aromatic carbocycles.